The number of urea groups is 1. The van der Waals surface area contributed by atoms with E-state index in [1.165, 1.54) is 0 Å². The van der Waals surface area contributed by atoms with Crippen molar-refractivity contribution in [2.24, 2.45) is 5.92 Å². The molecule has 2 aliphatic rings. The molecular weight excluding hydrogens is 334 g/mol. The first-order valence-electron chi connectivity index (χ1n) is 9.30. The van der Waals surface area contributed by atoms with Crippen LogP contribution in [0, 0.1) is 5.92 Å². The van der Waals surface area contributed by atoms with Crippen LogP contribution in [-0.4, -0.2) is 70.1 Å². The maximum Gasteiger partial charge on any atom is 0.315 e. The summed E-state index contributed by atoms with van der Waals surface area (Å²) in [7, 11) is 1.64. The third-order valence-electron chi connectivity index (χ3n) is 5.11. The smallest absolute Gasteiger partial charge is 0.315 e. The van der Waals surface area contributed by atoms with Crippen molar-refractivity contribution in [3.05, 3.63) is 29.8 Å². The molecule has 7 nitrogen and oxygen atoms in total. The van der Waals surface area contributed by atoms with Crippen molar-refractivity contribution in [3.63, 3.8) is 0 Å². The molecule has 0 spiro atoms. The average Bonchev–Trinajstić information content (AvgIpc) is 3.22. The number of amides is 2. The second kappa shape index (κ2) is 9.75. The van der Waals surface area contributed by atoms with Crippen LogP contribution in [0.25, 0.3) is 0 Å². The minimum Gasteiger partial charge on any atom is -0.497 e. The largest absolute Gasteiger partial charge is 0.497 e. The standard InChI is InChI=1S/C19H29N3O4/c1-24-17-4-2-15(3-5-17)12-20-19(23)21-13-18(16-6-9-26-14-16)22-7-10-25-11-8-22/h2-5,16,18H,6-14H2,1H3,(H2,20,21,23)/t16-,18+/m0/s1. The van der Waals surface area contributed by atoms with Crippen molar-refractivity contribution in [1.82, 2.24) is 15.5 Å². The Morgan fingerprint density at radius 2 is 1.96 bits per heavy atom. The van der Waals surface area contributed by atoms with E-state index in [0.717, 1.165) is 57.3 Å². The topological polar surface area (TPSA) is 72.1 Å². The van der Waals surface area contributed by atoms with E-state index in [9.17, 15) is 4.79 Å². The van der Waals surface area contributed by atoms with Crippen LogP contribution in [0.5, 0.6) is 5.75 Å². The number of carbonyl (C=O) groups is 1. The number of carbonyl (C=O) groups excluding carboxylic acids is 1. The van der Waals surface area contributed by atoms with Crippen molar-refractivity contribution in [3.8, 4) is 5.75 Å². The fraction of sp³-hybridized carbons (Fsp3) is 0.632. The van der Waals surface area contributed by atoms with Gasteiger partial charge in [0.15, 0.2) is 0 Å². The molecule has 3 rings (SSSR count). The minimum atomic E-state index is -0.141. The van der Waals surface area contributed by atoms with Crippen LogP contribution in [0.2, 0.25) is 0 Å². The predicted molar refractivity (Wildman–Crippen MR) is 98.3 cm³/mol. The lowest BCUT2D eigenvalue weighted by atomic mass is 9.97. The van der Waals surface area contributed by atoms with Crippen LogP contribution < -0.4 is 15.4 Å². The van der Waals surface area contributed by atoms with E-state index in [4.69, 9.17) is 14.2 Å². The van der Waals surface area contributed by atoms with Gasteiger partial charge in [0, 0.05) is 44.7 Å². The zero-order valence-electron chi connectivity index (χ0n) is 15.4. The number of methoxy groups -OCH3 is 1. The lowest BCUT2D eigenvalue weighted by Crippen LogP contribution is -2.53. The summed E-state index contributed by atoms with van der Waals surface area (Å²) in [4.78, 5) is 14.6. The number of rotatable bonds is 7. The van der Waals surface area contributed by atoms with Gasteiger partial charge < -0.3 is 24.8 Å². The van der Waals surface area contributed by atoms with Gasteiger partial charge >= 0.3 is 6.03 Å². The molecule has 2 saturated heterocycles. The van der Waals surface area contributed by atoms with Crippen molar-refractivity contribution < 1.29 is 19.0 Å². The number of nitrogens with zero attached hydrogens (tertiary/aromatic N) is 1. The molecule has 2 atom stereocenters. The summed E-state index contributed by atoms with van der Waals surface area (Å²) in [5.41, 5.74) is 1.04. The molecule has 26 heavy (non-hydrogen) atoms. The van der Waals surface area contributed by atoms with Crippen molar-refractivity contribution in [2.45, 2.75) is 19.0 Å². The SMILES string of the molecule is COc1ccc(CNC(=O)NC[C@H]([C@H]2CCOC2)N2CCOCC2)cc1. The first-order chi connectivity index (χ1) is 12.8. The Bertz CT molecular complexity index is 554. The Labute approximate surface area is 155 Å². The third-order valence-corrected chi connectivity index (χ3v) is 5.11. The van der Waals surface area contributed by atoms with E-state index < -0.39 is 0 Å². The van der Waals surface area contributed by atoms with Gasteiger partial charge in [-0.25, -0.2) is 4.79 Å². The molecule has 2 N–H and O–H groups in total. The predicted octanol–water partition coefficient (Wildman–Crippen LogP) is 1.23. The fourth-order valence-corrected chi connectivity index (χ4v) is 3.54. The van der Waals surface area contributed by atoms with E-state index >= 15 is 0 Å². The summed E-state index contributed by atoms with van der Waals surface area (Å²) in [5.74, 6) is 1.28. The van der Waals surface area contributed by atoms with Gasteiger partial charge in [-0.05, 0) is 24.1 Å². The summed E-state index contributed by atoms with van der Waals surface area (Å²) in [6.07, 6.45) is 1.05. The maximum atomic E-state index is 12.2. The number of morpholine rings is 1. The van der Waals surface area contributed by atoms with E-state index in [2.05, 4.69) is 15.5 Å². The molecule has 0 radical (unpaired) electrons. The Morgan fingerprint density at radius 1 is 1.19 bits per heavy atom. The highest BCUT2D eigenvalue weighted by atomic mass is 16.5. The molecule has 0 saturated carbocycles. The van der Waals surface area contributed by atoms with Crippen LogP contribution in [0.1, 0.15) is 12.0 Å². The monoisotopic (exact) mass is 363 g/mol. The summed E-state index contributed by atoms with van der Waals surface area (Å²) in [5, 5.41) is 5.96. The Balaban J connectivity index is 1.46. The Kier molecular flexibility index (Phi) is 7.11. The molecule has 1 aromatic carbocycles. The summed E-state index contributed by atoms with van der Waals surface area (Å²) >= 11 is 0. The first-order valence-corrected chi connectivity index (χ1v) is 9.30. The highest BCUT2D eigenvalue weighted by molar-refractivity contribution is 5.73. The molecular formula is C19H29N3O4. The second-order valence-corrected chi connectivity index (χ2v) is 6.75. The molecule has 0 unspecified atom stereocenters. The molecule has 144 valence electrons. The molecule has 0 aromatic heterocycles. The fourth-order valence-electron chi connectivity index (χ4n) is 3.54. The van der Waals surface area contributed by atoms with Crippen LogP contribution >= 0.6 is 0 Å². The Morgan fingerprint density at radius 3 is 2.62 bits per heavy atom. The van der Waals surface area contributed by atoms with E-state index in [0.29, 0.717) is 25.0 Å². The maximum absolute atomic E-state index is 12.2. The highest BCUT2D eigenvalue weighted by Gasteiger charge is 2.31. The van der Waals surface area contributed by atoms with Crippen molar-refractivity contribution in [1.29, 1.82) is 0 Å². The third kappa shape index (κ3) is 5.33. The van der Waals surface area contributed by atoms with Crippen molar-refractivity contribution in [2.75, 3.05) is 53.2 Å². The van der Waals surface area contributed by atoms with E-state index in [1.54, 1.807) is 7.11 Å². The number of hydrogen-bond donors (Lipinski definition) is 2. The van der Waals surface area contributed by atoms with Crippen LogP contribution in [0.15, 0.2) is 24.3 Å². The summed E-state index contributed by atoms with van der Waals surface area (Å²) in [6.45, 7) is 6.05. The molecule has 2 fully saturated rings. The summed E-state index contributed by atoms with van der Waals surface area (Å²) in [6, 6.07) is 7.84. The van der Waals surface area contributed by atoms with Crippen LogP contribution in [0.3, 0.4) is 0 Å². The molecule has 7 heteroatoms. The second-order valence-electron chi connectivity index (χ2n) is 6.75. The normalized spacial score (nSPS) is 22.0. The number of benzene rings is 1. The lowest BCUT2D eigenvalue weighted by Gasteiger charge is -2.37. The van der Waals surface area contributed by atoms with Gasteiger partial charge in [0.25, 0.3) is 0 Å². The zero-order valence-corrected chi connectivity index (χ0v) is 15.4. The van der Waals surface area contributed by atoms with E-state index in [-0.39, 0.29) is 6.03 Å². The Hall–Kier alpha value is -1.83. The molecule has 2 amide bonds. The number of hydrogen-bond acceptors (Lipinski definition) is 5. The zero-order chi connectivity index (χ0) is 18.2. The molecule has 0 bridgehead atoms. The highest BCUT2D eigenvalue weighted by Crippen LogP contribution is 2.21. The number of ether oxygens (including phenoxy) is 3. The quantitative estimate of drug-likeness (QED) is 0.762. The molecule has 0 aliphatic carbocycles. The van der Waals surface area contributed by atoms with Gasteiger partial charge in [-0.3, -0.25) is 4.90 Å². The van der Waals surface area contributed by atoms with Gasteiger partial charge in [-0.15, -0.1) is 0 Å². The number of nitrogens with one attached hydrogen (secondary N) is 2. The van der Waals surface area contributed by atoms with Crippen molar-refractivity contribution >= 4 is 6.03 Å². The lowest BCUT2D eigenvalue weighted by molar-refractivity contribution is 0.00212. The average molecular weight is 363 g/mol. The van der Waals surface area contributed by atoms with Gasteiger partial charge in [-0.2, -0.15) is 0 Å². The van der Waals surface area contributed by atoms with Gasteiger partial charge in [0.1, 0.15) is 5.75 Å². The van der Waals surface area contributed by atoms with E-state index in [1.807, 2.05) is 24.3 Å². The summed E-state index contributed by atoms with van der Waals surface area (Å²) < 4.78 is 16.2. The van der Waals surface area contributed by atoms with Gasteiger partial charge in [0.05, 0.1) is 26.9 Å². The first kappa shape index (κ1) is 18.9. The van der Waals surface area contributed by atoms with Crippen LogP contribution in [-0.2, 0) is 16.0 Å². The van der Waals surface area contributed by atoms with Gasteiger partial charge in [0.2, 0.25) is 0 Å². The van der Waals surface area contributed by atoms with Crippen LogP contribution in [0.4, 0.5) is 4.79 Å². The van der Waals surface area contributed by atoms with Gasteiger partial charge in [-0.1, -0.05) is 12.1 Å². The molecule has 2 heterocycles. The molecule has 1 aromatic rings. The minimum absolute atomic E-state index is 0.141. The molecule has 2 aliphatic heterocycles.